The van der Waals surface area contributed by atoms with Gasteiger partial charge >= 0.3 is 0 Å². The minimum absolute atomic E-state index is 0.840. The fraction of sp³-hybridized carbons (Fsp3) is 0.235. The van der Waals surface area contributed by atoms with Crippen LogP contribution in [-0.2, 0) is 6.54 Å². The van der Waals surface area contributed by atoms with Crippen molar-refractivity contribution in [3.63, 3.8) is 0 Å². The van der Waals surface area contributed by atoms with Crippen molar-refractivity contribution in [3.05, 3.63) is 58.8 Å². The number of anilines is 1. The second-order valence-electron chi connectivity index (χ2n) is 5.39. The van der Waals surface area contributed by atoms with Crippen LogP contribution in [0, 0.1) is 20.8 Å². The largest absolute Gasteiger partial charge is 0.381 e. The van der Waals surface area contributed by atoms with E-state index < -0.39 is 0 Å². The number of aromatic amines is 1. The molecule has 1 heterocycles. The highest BCUT2D eigenvalue weighted by Crippen LogP contribution is 2.19. The molecule has 0 saturated heterocycles. The normalized spacial score (nSPS) is 10.9. The summed E-state index contributed by atoms with van der Waals surface area (Å²) in [6, 6.07) is 10.8. The Hall–Kier alpha value is -2.29. The number of hydrogen-bond acceptors (Lipinski definition) is 2. The summed E-state index contributed by atoms with van der Waals surface area (Å²) in [4.78, 5) is 0. The molecule has 3 aromatic rings. The molecule has 2 aromatic carbocycles. The molecule has 0 aliphatic carbocycles. The van der Waals surface area contributed by atoms with Gasteiger partial charge in [-0.05, 0) is 61.2 Å². The number of H-pyrrole nitrogens is 1. The highest BCUT2D eigenvalue weighted by Gasteiger charge is 2.03. The minimum atomic E-state index is 0.840. The molecule has 3 heteroatoms. The average Bonchev–Trinajstić information content (AvgIpc) is 2.89. The predicted octanol–water partition coefficient (Wildman–Crippen LogP) is 4.10. The quantitative estimate of drug-likeness (QED) is 0.748. The number of nitrogens with zero attached hydrogens (tertiary/aromatic N) is 1. The van der Waals surface area contributed by atoms with E-state index in [-0.39, 0.29) is 0 Å². The van der Waals surface area contributed by atoms with Crippen LogP contribution in [0.4, 0.5) is 5.69 Å². The molecule has 3 nitrogen and oxygen atoms in total. The molecule has 102 valence electrons. The van der Waals surface area contributed by atoms with Gasteiger partial charge in [0.15, 0.2) is 0 Å². The van der Waals surface area contributed by atoms with Crippen LogP contribution in [0.3, 0.4) is 0 Å². The van der Waals surface area contributed by atoms with Crippen LogP contribution < -0.4 is 5.32 Å². The standard InChI is InChI=1S/C17H19N3/c1-11-6-13(3)15(7-12(11)2)9-18-16-5-4-14-10-19-20-17(14)8-16/h4-8,10,18H,9H2,1-3H3,(H,19,20). The van der Waals surface area contributed by atoms with Crippen molar-refractivity contribution in [1.29, 1.82) is 0 Å². The molecule has 0 radical (unpaired) electrons. The summed E-state index contributed by atoms with van der Waals surface area (Å²) in [5.41, 5.74) is 7.55. The van der Waals surface area contributed by atoms with Crippen LogP contribution in [0.15, 0.2) is 36.5 Å². The summed E-state index contributed by atoms with van der Waals surface area (Å²) in [6.45, 7) is 7.33. The summed E-state index contributed by atoms with van der Waals surface area (Å²) in [5, 5.41) is 11.7. The SMILES string of the molecule is Cc1cc(C)c(CNc2ccc3cn[nH]c3c2)cc1C. The van der Waals surface area contributed by atoms with E-state index in [2.05, 4.69) is 66.6 Å². The molecule has 0 fully saturated rings. The first-order valence-corrected chi connectivity index (χ1v) is 6.87. The zero-order valence-corrected chi connectivity index (χ0v) is 12.1. The van der Waals surface area contributed by atoms with Crippen molar-refractivity contribution in [2.75, 3.05) is 5.32 Å². The topological polar surface area (TPSA) is 40.7 Å². The van der Waals surface area contributed by atoms with Gasteiger partial charge < -0.3 is 5.32 Å². The molecule has 0 spiro atoms. The van der Waals surface area contributed by atoms with Gasteiger partial charge in [0.25, 0.3) is 0 Å². The van der Waals surface area contributed by atoms with Gasteiger partial charge in [0.05, 0.1) is 11.7 Å². The fourth-order valence-corrected chi connectivity index (χ4v) is 2.46. The third-order valence-electron chi connectivity index (χ3n) is 3.88. The number of aryl methyl sites for hydroxylation is 3. The first-order chi connectivity index (χ1) is 9.63. The number of aromatic nitrogens is 2. The summed E-state index contributed by atoms with van der Waals surface area (Å²) < 4.78 is 0. The number of benzene rings is 2. The number of nitrogens with one attached hydrogen (secondary N) is 2. The van der Waals surface area contributed by atoms with Gasteiger partial charge in [-0.3, -0.25) is 5.10 Å². The average molecular weight is 265 g/mol. The number of hydrogen-bond donors (Lipinski definition) is 2. The van der Waals surface area contributed by atoms with Crippen LogP contribution in [0.2, 0.25) is 0 Å². The molecule has 0 aliphatic heterocycles. The molecular weight excluding hydrogens is 246 g/mol. The molecule has 1 aromatic heterocycles. The van der Waals surface area contributed by atoms with Gasteiger partial charge in [-0.2, -0.15) is 5.10 Å². The maximum Gasteiger partial charge on any atom is 0.0670 e. The van der Waals surface area contributed by atoms with Crippen LogP contribution in [-0.4, -0.2) is 10.2 Å². The molecule has 0 unspecified atom stereocenters. The van der Waals surface area contributed by atoms with E-state index in [1.807, 2.05) is 6.20 Å². The molecule has 0 bridgehead atoms. The second-order valence-corrected chi connectivity index (χ2v) is 5.39. The van der Waals surface area contributed by atoms with Crippen LogP contribution in [0.5, 0.6) is 0 Å². The van der Waals surface area contributed by atoms with Crippen molar-refractivity contribution >= 4 is 16.6 Å². The zero-order valence-electron chi connectivity index (χ0n) is 12.1. The molecule has 2 N–H and O–H groups in total. The van der Waals surface area contributed by atoms with Gasteiger partial charge in [-0.15, -0.1) is 0 Å². The van der Waals surface area contributed by atoms with E-state index in [4.69, 9.17) is 0 Å². The van der Waals surface area contributed by atoms with E-state index in [0.29, 0.717) is 0 Å². The van der Waals surface area contributed by atoms with Gasteiger partial charge in [0.2, 0.25) is 0 Å². The van der Waals surface area contributed by atoms with Gasteiger partial charge in [-0.1, -0.05) is 12.1 Å². The van der Waals surface area contributed by atoms with E-state index in [1.54, 1.807) is 0 Å². The van der Waals surface area contributed by atoms with E-state index in [0.717, 1.165) is 23.1 Å². The lowest BCUT2D eigenvalue weighted by atomic mass is 10.0. The van der Waals surface area contributed by atoms with Gasteiger partial charge in [0, 0.05) is 17.6 Å². The Labute approximate surface area is 119 Å². The Bertz CT molecular complexity index is 756. The maximum atomic E-state index is 4.04. The second kappa shape index (κ2) is 5.00. The third-order valence-corrected chi connectivity index (χ3v) is 3.88. The lowest BCUT2D eigenvalue weighted by Crippen LogP contribution is -2.02. The van der Waals surface area contributed by atoms with Crippen molar-refractivity contribution in [2.24, 2.45) is 0 Å². The summed E-state index contributed by atoms with van der Waals surface area (Å²) >= 11 is 0. The van der Waals surface area contributed by atoms with Gasteiger partial charge in [0.1, 0.15) is 0 Å². The molecule has 0 aliphatic rings. The van der Waals surface area contributed by atoms with E-state index in [1.165, 1.54) is 22.3 Å². The molecule has 0 atom stereocenters. The van der Waals surface area contributed by atoms with Gasteiger partial charge in [-0.25, -0.2) is 0 Å². The number of fused-ring (bicyclic) bond motifs is 1. The molecule has 3 rings (SSSR count). The smallest absolute Gasteiger partial charge is 0.0670 e. The molecule has 0 saturated carbocycles. The van der Waals surface area contributed by atoms with Crippen molar-refractivity contribution in [3.8, 4) is 0 Å². The molecular formula is C17H19N3. The maximum absolute atomic E-state index is 4.04. The highest BCUT2D eigenvalue weighted by atomic mass is 15.1. The Morgan fingerprint density at radius 3 is 2.65 bits per heavy atom. The third kappa shape index (κ3) is 2.39. The van der Waals surface area contributed by atoms with E-state index in [9.17, 15) is 0 Å². The Morgan fingerprint density at radius 2 is 1.80 bits per heavy atom. The van der Waals surface area contributed by atoms with Crippen molar-refractivity contribution < 1.29 is 0 Å². The van der Waals surface area contributed by atoms with Crippen LogP contribution in [0.1, 0.15) is 22.3 Å². The summed E-state index contributed by atoms with van der Waals surface area (Å²) in [6.07, 6.45) is 1.84. The lowest BCUT2D eigenvalue weighted by molar-refractivity contribution is 1.10. The van der Waals surface area contributed by atoms with Crippen LogP contribution >= 0.6 is 0 Å². The molecule has 0 amide bonds. The minimum Gasteiger partial charge on any atom is -0.381 e. The fourth-order valence-electron chi connectivity index (χ4n) is 2.46. The van der Waals surface area contributed by atoms with Crippen LogP contribution in [0.25, 0.3) is 10.9 Å². The summed E-state index contributed by atoms with van der Waals surface area (Å²) in [7, 11) is 0. The predicted molar refractivity (Wildman–Crippen MR) is 84.1 cm³/mol. The first kappa shape index (κ1) is 12.7. The highest BCUT2D eigenvalue weighted by molar-refractivity contribution is 5.81. The number of rotatable bonds is 3. The Balaban J connectivity index is 1.80. The monoisotopic (exact) mass is 265 g/mol. The Morgan fingerprint density at radius 1 is 1.00 bits per heavy atom. The first-order valence-electron chi connectivity index (χ1n) is 6.87. The lowest BCUT2D eigenvalue weighted by Gasteiger charge is -2.12. The Kier molecular flexibility index (Phi) is 3.18. The van der Waals surface area contributed by atoms with Crippen molar-refractivity contribution in [2.45, 2.75) is 27.3 Å². The van der Waals surface area contributed by atoms with Crippen molar-refractivity contribution in [1.82, 2.24) is 10.2 Å². The van der Waals surface area contributed by atoms with E-state index >= 15 is 0 Å². The molecule has 20 heavy (non-hydrogen) atoms. The zero-order chi connectivity index (χ0) is 14.1. The summed E-state index contributed by atoms with van der Waals surface area (Å²) in [5.74, 6) is 0.